The monoisotopic (exact) mass is 394 g/mol. The number of ether oxygens (including phenoxy) is 1. The van der Waals surface area contributed by atoms with Crippen LogP contribution in [-0.4, -0.2) is 49.4 Å². The fraction of sp³-hybridized carbons (Fsp3) is 0.417. The summed E-state index contributed by atoms with van der Waals surface area (Å²) in [5.41, 5.74) is 4.05. The number of morpholine rings is 1. The van der Waals surface area contributed by atoms with E-state index in [2.05, 4.69) is 41.4 Å². The lowest BCUT2D eigenvalue weighted by Gasteiger charge is -2.35. The van der Waals surface area contributed by atoms with E-state index in [0.717, 1.165) is 18.7 Å². The van der Waals surface area contributed by atoms with E-state index in [1.807, 2.05) is 31.2 Å². The zero-order valence-corrected chi connectivity index (χ0v) is 17.3. The van der Waals surface area contributed by atoms with Crippen LogP contribution in [0.5, 0.6) is 0 Å². The van der Waals surface area contributed by atoms with Crippen molar-refractivity contribution in [1.82, 2.24) is 10.2 Å². The summed E-state index contributed by atoms with van der Waals surface area (Å²) in [6.45, 7) is 7.64. The average Bonchev–Trinajstić information content (AvgIpc) is 2.73. The average molecular weight is 395 g/mol. The second kappa shape index (κ2) is 10.3. The summed E-state index contributed by atoms with van der Waals surface area (Å²) in [6.07, 6.45) is 0.431. The van der Waals surface area contributed by atoms with Crippen molar-refractivity contribution in [2.24, 2.45) is 0 Å². The van der Waals surface area contributed by atoms with Crippen LogP contribution >= 0.6 is 0 Å². The minimum atomic E-state index is -0.0853. The first-order chi connectivity index (χ1) is 14.0. The van der Waals surface area contributed by atoms with Crippen LogP contribution in [0.3, 0.4) is 0 Å². The van der Waals surface area contributed by atoms with Gasteiger partial charge in [0.15, 0.2) is 5.78 Å². The lowest BCUT2D eigenvalue weighted by molar-refractivity contribution is -0.121. The number of benzene rings is 2. The maximum Gasteiger partial charge on any atom is 0.220 e. The number of hydrogen-bond acceptors (Lipinski definition) is 4. The molecule has 1 N–H and O–H groups in total. The number of carbonyl (C=O) groups excluding carboxylic acids is 2. The van der Waals surface area contributed by atoms with Crippen LogP contribution < -0.4 is 5.32 Å². The van der Waals surface area contributed by atoms with Gasteiger partial charge in [0.25, 0.3) is 0 Å². The van der Waals surface area contributed by atoms with Crippen molar-refractivity contribution in [1.29, 1.82) is 0 Å². The third-order valence-corrected chi connectivity index (χ3v) is 5.43. The first kappa shape index (κ1) is 21.2. The van der Waals surface area contributed by atoms with Gasteiger partial charge in [-0.3, -0.25) is 14.5 Å². The Morgan fingerprint density at radius 3 is 2.52 bits per heavy atom. The Morgan fingerprint density at radius 2 is 1.79 bits per heavy atom. The summed E-state index contributed by atoms with van der Waals surface area (Å²) in [7, 11) is 0. The molecule has 29 heavy (non-hydrogen) atoms. The second-order valence-corrected chi connectivity index (χ2v) is 7.62. The molecule has 0 aliphatic carbocycles. The van der Waals surface area contributed by atoms with Crippen molar-refractivity contribution in [3.8, 4) is 0 Å². The molecule has 1 unspecified atom stereocenters. The zero-order valence-electron chi connectivity index (χ0n) is 17.3. The molecule has 1 aliphatic heterocycles. The van der Waals surface area contributed by atoms with Crippen LogP contribution in [0.2, 0.25) is 0 Å². The molecule has 5 nitrogen and oxygen atoms in total. The largest absolute Gasteiger partial charge is 0.379 e. The summed E-state index contributed by atoms with van der Waals surface area (Å²) in [5, 5.41) is 3.05. The lowest BCUT2D eigenvalue weighted by Crippen LogP contribution is -2.43. The summed E-state index contributed by atoms with van der Waals surface area (Å²) >= 11 is 0. The van der Waals surface area contributed by atoms with Crippen molar-refractivity contribution in [2.75, 3.05) is 32.8 Å². The molecule has 0 bridgehead atoms. The van der Waals surface area contributed by atoms with Crippen LogP contribution in [0, 0.1) is 13.8 Å². The quantitative estimate of drug-likeness (QED) is 0.697. The molecule has 2 aromatic rings. The number of nitrogens with one attached hydrogen (secondary N) is 1. The zero-order chi connectivity index (χ0) is 20.6. The van der Waals surface area contributed by atoms with Crippen LogP contribution in [0.4, 0.5) is 0 Å². The number of amides is 1. The highest BCUT2D eigenvalue weighted by molar-refractivity contribution is 5.99. The summed E-state index contributed by atoms with van der Waals surface area (Å²) in [6, 6.07) is 16.0. The SMILES string of the molecule is Cc1cccc(C(CNC(=O)CCC(=O)c2ccccc2C)N2CCOCC2)c1. The van der Waals surface area contributed by atoms with Gasteiger partial charge in [0.05, 0.1) is 19.3 Å². The molecule has 0 radical (unpaired) electrons. The van der Waals surface area contributed by atoms with E-state index in [0.29, 0.717) is 25.3 Å². The molecule has 1 saturated heterocycles. The Hall–Kier alpha value is -2.50. The van der Waals surface area contributed by atoms with Gasteiger partial charge in [0.2, 0.25) is 5.91 Å². The molecule has 154 valence electrons. The van der Waals surface area contributed by atoms with Crippen molar-refractivity contribution in [3.05, 3.63) is 70.8 Å². The number of ketones is 1. The highest BCUT2D eigenvalue weighted by Crippen LogP contribution is 2.22. The molecule has 0 saturated carbocycles. The summed E-state index contributed by atoms with van der Waals surface area (Å²) < 4.78 is 5.49. The van der Waals surface area contributed by atoms with Gasteiger partial charge in [0.1, 0.15) is 0 Å². The van der Waals surface area contributed by atoms with E-state index in [9.17, 15) is 9.59 Å². The number of Topliss-reactive ketones (excluding diaryl/α,β-unsaturated/α-hetero) is 1. The second-order valence-electron chi connectivity index (χ2n) is 7.62. The van der Waals surface area contributed by atoms with E-state index >= 15 is 0 Å². The topological polar surface area (TPSA) is 58.6 Å². The van der Waals surface area contributed by atoms with E-state index < -0.39 is 0 Å². The van der Waals surface area contributed by atoms with Gasteiger partial charge >= 0.3 is 0 Å². The predicted molar refractivity (Wildman–Crippen MR) is 114 cm³/mol. The maximum absolute atomic E-state index is 12.4. The molecule has 3 rings (SSSR count). The van der Waals surface area contributed by atoms with Gasteiger partial charge in [-0.1, -0.05) is 54.1 Å². The Kier molecular flexibility index (Phi) is 7.55. The molecule has 0 aromatic heterocycles. The minimum absolute atomic E-state index is 0.0154. The Balaban J connectivity index is 1.57. The molecule has 1 heterocycles. The molecule has 1 aliphatic rings. The minimum Gasteiger partial charge on any atom is -0.379 e. The number of aryl methyl sites for hydroxylation is 2. The van der Waals surface area contributed by atoms with Crippen molar-refractivity contribution in [2.45, 2.75) is 32.7 Å². The third-order valence-electron chi connectivity index (χ3n) is 5.43. The standard InChI is InChI=1S/C24H30N2O3/c1-18-6-5-8-20(16-18)22(26-12-14-29-15-13-26)17-25-24(28)11-10-23(27)21-9-4-3-7-19(21)2/h3-9,16,22H,10-15,17H2,1-2H3,(H,25,28). The van der Waals surface area contributed by atoms with Crippen LogP contribution in [0.1, 0.15) is 45.9 Å². The highest BCUT2D eigenvalue weighted by atomic mass is 16.5. The van der Waals surface area contributed by atoms with Crippen molar-refractivity contribution >= 4 is 11.7 Å². The van der Waals surface area contributed by atoms with Crippen molar-refractivity contribution in [3.63, 3.8) is 0 Å². The predicted octanol–water partition coefficient (Wildman–Crippen LogP) is 3.46. The van der Waals surface area contributed by atoms with Crippen LogP contribution in [-0.2, 0) is 9.53 Å². The molecule has 5 heteroatoms. The van der Waals surface area contributed by atoms with Crippen LogP contribution in [0.25, 0.3) is 0 Å². The van der Waals surface area contributed by atoms with E-state index in [1.54, 1.807) is 0 Å². The molecule has 2 aromatic carbocycles. The number of hydrogen-bond donors (Lipinski definition) is 1. The van der Waals surface area contributed by atoms with Gasteiger partial charge in [-0.2, -0.15) is 0 Å². The maximum atomic E-state index is 12.4. The fourth-order valence-electron chi connectivity index (χ4n) is 3.77. The molecule has 1 amide bonds. The Labute approximate surface area is 173 Å². The highest BCUT2D eigenvalue weighted by Gasteiger charge is 2.23. The fourth-order valence-corrected chi connectivity index (χ4v) is 3.77. The molecular formula is C24H30N2O3. The van der Waals surface area contributed by atoms with Crippen molar-refractivity contribution < 1.29 is 14.3 Å². The van der Waals surface area contributed by atoms with Gasteiger partial charge in [-0.25, -0.2) is 0 Å². The number of rotatable bonds is 8. The Bertz CT molecular complexity index is 844. The number of carbonyl (C=O) groups is 2. The lowest BCUT2D eigenvalue weighted by atomic mass is 10.0. The first-order valence-electron chi connectivity index (χ1n) is 10.3. The molecule has 1 atom stereocenters. The van der Waals surface area contributed by atoms with E-state index in [4.69, 9.17) is 4.74 Å². The van der Waals surface area contributed by atoms with E-state index in [-0.39, 0.29) is 30.6 Å². The smallest absolute Gasteiger partial charge is 0.220 e. The van der Waals surface area contributed by atoms with Crippen LogP contribution in [0.15, 0.2) is 48.5 Å². The normalized spacial score (nSPS) is 15.7. The van der Waals surface area contributed by atoms with Gasteiger partial charge in [-0.15, -0.1) is 0 Å². The van der Waals surface area contributed by atoms with E-state index in [1.165, 1.54) is 11.1 Å². The molecule has 0 spiro atoms. The van der Waals surface area contributed by atoms with Gasteiger partial charge < -0.3 is 10.1 Å². The summed E-state index contributed by atoms with van der Waals surface area (Å²) in [5.74, 6) is -0.0699. The van der Waals surface area contributed by atoms with Gasteiger partial charge in [-0.05, 0) is 25.0 Å². The Morgan fingerprint density at radius 1 is 1.03 bits per heavy atom. The third kappa shape index (κ3) is 5.99. The summed E-state index contributed by atoms with van der Waals surface area (Å²) in [4.78, 5) is 27.2. The van der Waals surface area contributed by atoms with Gasteiger partial charge in [0, 0.05) is 38.0 Å². The molecular weight excluding hydrogens is 364 g/mol. The molecule has 1 fully saturated rings. The number of nitrogens with zero attached hydrogens (tertiary/aromatic N) is 1. The first-order valence-corrected chi connectivity index (χ1v) is 10.3.